The quantitative estimate of drug-likeness (QED) is 0.559. The van der Waals surface area contributed by atoms with Gasteiger partial charge >= 0.3 is 0 Å². The summed E-state index contributed by atoms with van der Waals surface area (Å²) in [7, 11) is 0. The van der Waals surface area contributed by atoms with Gasteiger partial charge in [-0.25, -0.2) is 0 Å². The first kappa shape index (κ1) is 13.2. The van der Waals surface area contributed by atoms with E-state index in [0.717, 1.165) is 32.4 Å². The number of carbonyl (C=O) groups is 1. The lowest BCUT2D eigenvalue weighted by Gasteiger charge is -2.49. The summed E-state index contributed by atoms with van der Waals surface area (Å²) >= 11 is 5.69. The van der Waals surface area contributed by atoms with E-state index in [9.17, 15) is 4.79 Å². The average molecular weight is 258 g/mol. The van der Waals surface area contributed by atoms with Crippen LogP contribution in [0.1, 0.15) is 46.5 Å². The highest BCUT2D eigenvalue weighted by Crippen LogP contribution is 2.59. The van der Waals surface area contributed by atoms with E-state index in [-0.39, 0.29) is 10.8 Å². The van der Waals surface area contributed by atoms with E-state index in [1.807, 2.05) is 0 Å². The van der Waals surface area contributed by atoms with Crippen molar-refractivity contribution < 1.29 is 4.79 Å². The molecule has 1 amide bonds. The van der Waals surface area contributed by atoms with Crippen LogP contribution < -0.4 is 0 Å². The summed E-state index contributed by atoms with van der Waals surface area (Å²) in [6.07, 6.45) is 4.32. The second-order valence-corrected chi connectivity index (χ2v) is 6.81. The third kappa shape index (κ3) is 1.89. The van der Waals surface area contributed by atoms with Crippen LogP contribution in [0.4, 0.5) is 0 Å². The van der Waals surface area contributed by atoms with Gasteiger partial charge < -0.3 is 4.90 Å². The largest absolute Gasteiger partial charge is 0.342 e. The molecule has 2 aliphatic rings. The minimum atomic E-state index is -0.128. The number of piperidine rings is 1. The minimum absolute atomic E-state index is 0.128. The molecule has 17 heavy (non-hydrogen) atoms. The highest BCUT2D eigenvalue weighted by Gasteiger charge is 2.60. The zero-order chi connectivity index (χ0) is 12.7. The van der Waals surface area contributed by atoms with E-state index in [4.69, 9.17) is 11.6 Å². The van der Waals surface area contributed by atoms with Crippen LogP contribution in [0.5, 0.6) is 0 Å². The number of carbonyl (C=O) groups excluding carboxylic acids is 1. The molecule has 0 radical (unpaired) electrons. The van der Waals surface area contributed by atoms with E-state index < -0.39 is 0 Å². The standard InChI is InChI=1S/C14H24ClNO/c1-13(2)11-6-7-14(13,3)12(17)16(10-11)9-5-4-8-15/h11H,4-10H2,1-3H3/t11?,14-/m0/s1. The number of hydrogen-bond acceptors (Lipinski definition) is 1. The van der Waals surface area contributed by atoms with Gasteiger partial charge in [0.25, 0.3) is 0 Å². The molecule has 2 atom stereocenters. The van der Waals surface area contributed by atoms with Gasteiger partial charge in [-0.2, -0.15) is 0 Å². The number of hydrogen-bond donors (Lipinski definition) is 0. The molecule has 1 unspecified atom stereocenters. The predicted octanol–water partition coefficient (Wildman–Crippen LogP) is 3.29. The smallest absolute Gasteiger partial charge is 0.229 e. The van der Waals surface area contributed by atoms with E-state index in [0.29, 0.717) is 17.7 Å². The Morgan fingerprint density at radius 3 is 2.71 bits per heavy atom. The van der Waals surface area contributed by atoms with Gasteiger partial charge in [0.1, 0.15) is 0 Å². The van der Waals surface area contributed by atoms with Crippen molar-refractivity contribution in [1.29, 1.82) is 0 Å². The Morgan fingerprint density at radius 2 is 2.06 bits per heavy atom. The highest BCUT2D eigenvalue weighted by molar-refractivity contribution is 6.17. The number of fused-ring (bicyclic) bond motifs is 2. The number of rotatable bonds is 4. The van der Waals surface area contributed by atoms with Crippen LogP contribution in [0, 0.1) is 16.7 Å². The topological polar surface area (TPSA) is 20.3 Å². The number of likely N-dealkylation sites (tertiary alicyclic amines) is 1. The molecule has 3 heteroatoms. The summed E-state index contributed by atoms with van der Waals surface area (Å²) in [5.74, 6) is 1.76. The average Bonchev–Trinajstić information content (AvgIpc) is 2.43. The van der Waals surface area contributed by atoms with Crippen LogP contribution >= 0.6 is 11.6 Å². The van der Waals surface area contributed by atoms with Crippen molar-refractivity contribution in [2.75, 3.05) is 19.0 Å². The molecule has 0 aromatic rings. The number of nitrogens with zero attached hydrogens (tertiary/aromatic N) is 1. The zero-order valence-corrected chi connectivity index (χ0v) is 12.0. The molecule has 2 bridgehead atoms. The SMILES string of the molecule is CC1(C)C2CC[C@@]1(C)C(=O)N(CCCCCl)C2. The minimum Gasteiger partial charge on any atom is -0.342 e. The van der Waals surface area contributed by atoms with Gasteiger partial charge in [-0.15, -0.1) is 11.6 Å². The lowest BCUT2D eigenvalue weighted by Crippen LogP contribution is -2.56. The summed E-state index contributed by atoms with van der Waals surface area (Å²) < 4.78 is 0. The van der Waals surface area contributed by atoms with Gasteiger partial charge in [0.2, 0.25) is 5.91 Å². The van der Waals surface area contributed by atoms with Gasteiger partial charge in [0.05, 0.1) is 5.41 Å². The lowest BCUT2D eigenvalue weighted by atomic mass is 9.62. The van der Waals surface area contributed by atoms with Crippen molar-refractivity contribution in [3.8, 4) is 0 Å². The van der Waals surface area contributed by atoms with Crippen LogP contribution in [0.2, 0.25) is 0 Å². The number of amides is 1. The molecule has 2 rings (SSSR count). The van der Waals surface area contributed by atoms with Crippen molar-refractivity contribution in [2.45, 2.75) is 46.5 Å². The van der Waals surface area contributed by atoms with Gasteiger partial charge in [-0.3, -0.25) is 4.79 Å². The van der Waals surface area contributed by atoms with Crippen LogP contribution in [-0.2, 0) is 4.79 Å². The Labute approximate surface area is 110 Å². The van der Waals surface area contributed by atoms with Crippen molar-refractivity contribution in [1.82, 2.24) is 4.90 Å². The molecule has 0 aromatic heterocycles. The summed E-state index contributed by atoms with van der Waals surface area (Å²) in [5, 5.41) is 0. The Kier molecular flexibility index (Phi) is 3.46. The van der Waals surface area contributed by atoms with E-state index in [2.05, 4.69) is 25.7 Å². The second-order valence-electron chi connectivity index (χ2n) is 6.44. The predicted molar refractivity (Wildman–Crippen MR) is 71.1 cm³/mol. The fraction of sp³-hybridized carbons (Fsp3) is 0.929. The van der Waals surface area contributed by atoms with Crippen molar-refractivity contribution in [3.05, 3.63) is 0 Å². The molecule has 0 N–H and O–H groups in total. The second kappa shape index (κ2) is 4.46. The zero-order valence-electron chi connectivity index (χ0n) is 11.3. The molecule has 0 aromatic carbocycles. The molecule has 1 aliphatic heterocycles. The Morgan fingerprint density at radius 1 is 1.35 bits per heavy atom. The van der Waals surface area contributed by atoms with Crippen molar-refractivity contribution in [2.24, 2.45) is 16.7 Å². The molecule has 1 aliphatic carbocycles. The fourth-order valence-electron chi connectivity index (χ4n) is 3.59. The summed E-state index contributed by atoms with van der Waals surface area (Å²) in [5.41, 5.74) is 0.0456. The summed E-state index contributed by atoms with van der Waals surface area (Å²) in [6.45, 7) is 8.58. The molecule has 2 nitrogen and oxygen atoms in total. The number of unbranched alkanes of at least 4 members (excludes halogenated alkanes) is 1. The van der Waals surface area contributed by atoms with Gasteiger partial charge in [0, 0.05) is 19.0 Å². The van der Waals surface area contributed by atoms with Crippen molar-refractivity contribution in [3.63, 3.8) is 0 Å². The maximum Gasteiger partial charge on any atom is 0.229 e. The monoisotopic (exact) mass is 257 g/mol. The van der Waals surface area contributed by atoms with Crippen LogP contribution in [0.3, 0.4) is 0 Å². The van der Waals surface area contributed by atoms with E-state index in [1.54, 1.807) is 0 Å². The van der Waals surface area contributed by atoms with Crippen LogP contribution in [-0.4, -0.2) is 29.8 Å². The van der Waals surface area contributed by atoms with E-state index >= 15 is 0 Å². The molecule has 1 heterocycles. The maximum absolute atomic E-state index is 12.6. The third-order valence-corrected chi connectivity index (χ3v) is 5.71. The Bertz CT molecular complexity index is 315. The first-order valence-corrected chi connectivity index (χ1v) is 7.32. The third-order valence-electron chi connectivity index (χ3n) is 5.45. The summed E-state index contributed by atoms with van der Waals surface area (Å²) in [6, 6.07) is 0. The first-order chi connectivity index (χ1) is 7.93. The van der Waals surface area contributed by atoms with Gasteiger partial charge in [-0.05, 0) is 37.0 Å². The molecule has 2 fully saturated rings. The van der Waals surface area contributed by atoms with Crippen LogP contribution in [0.25, 0.3) is 0 Å². The number of alkyl halides is 1. The normalized spacial score (nSPS) is 35.4. The Hall–Kier alpha value is -0.240. The molecule has 1 saturated heterocycles. The molecule has 98 valence electrons. The first-order valence-electron chi connectivity index (χ1n) is 6.79. The van der Waals surface area contributed by atoms with E-state index in [1.165, 1.54) is 6.42 Å². The number of halogens is 1. The fourth-order valence-corrected chi connectivity index (χ4v) is 3.78. The molecular formula is C14H24ClNO. The molecular weight excluding hydrogens is 234 g/mol. The summed E-state index contributed by atoms with van der Waals surface area (Å²) in [4.78, 5) is 14.7. The molecule has 0 spiro atoms. The van der Waals surface area contributed by atoms with Gasteiger partial charge in [-0.1, -0.05) is 20.8 Å². The van der Waals surface area contributed by atoms with Crippen LogP contribution in [0.15, 0.2) is 0 Å². The lowest BCUT2D eigenvalue weighted by molar-refractivity contribution is -0.155. The highest BCUT2D eigenvalue weighted by atomic mass is 35.5. The van der Waals surface area contributed by atoms with Crippen molar-refractivity contribution >= 4 is 17.5 Å². The Balaban J connectivity index is 2.09. The maximum atomic E-state index is 12.6. The van der Waals surface area contributed by atoms with Gasteiger partial charge in [0.15, 0.2) is 0 Å². The molecule has 1 saturated carbocycles.